The molecule has 3 fully saturated rings. The van der Waals surface area contributed by atoms with E-state index in [0.29, 0.717) is 54.1 Å². The SMILES string of the molecule is O=C(NCCC1[C@H]2CN(C(=O)CC3CCOCC3)C[C@@H]12)c1cc2c(o1)C=C=CC=C2. The highest BCUT2D eigenvalue weighted by atomic mass is 16.5. The maximum absolute atomic E-state index is 12.6. The highest BCUT2D eigenvalue weighted by Crippen LogP contribution is 2.53. The van der Waals surface area contributed by atoms with E-state index in [1.165, 1.54) is 0 Å². The molecule has 3 heterocycles. The summed E-state index contributed by atoms with van der Waals surface area (Å²) in [6, 6.07) is 1.77. The number of allylic oxidation sites excluding steroid dienone is 2. The van der Waals surface area contributed by atoms with Crippen molar-refractivity contribution in [1.82, 2.24) is 10.2 Å². The first-order chi connectivity index (χ1) is 14.7. The third kappa shape index (κ3) is 4.03. The molecule has 6 nitrogen and oxygen atoms in total. The first-order valence-electron chi connectivity index (χ1n) is 11.1. The highest BCUT2D eigenvalue weighted by Gasteiger charge is 2.55. The molecular weight excluding hydrogens is 380 g/mol. The number of fused-ring (bicyclic) bond motifs is 2. The van der Waals surface area contributed by atoms with Crippen LogP contribution in [-0.2, 0) is 9.53 Å². The molecule has 0 bridgehead atoms. The van der Waals surface area contributed by atoms with E-state index in [0.717, 1.165) is 51.1 Å². The molecule has 2 saturated heterocycles. The number of nitrogens with zero attached hydrogens (tertiary/aromatic N) is 1. The van der Waals surface area contributed by atoms with Gasteiger partial charge in [0.1, 0.15) is 5.76 Å². The summed E-state index contributed by atoms with van der Waals surface area (Å²) in [5.74, 6) is 3.49. The van der Waals surface area contributed by atoms with Crippen LogP contribution in [0.1, 0.15) is 47.6 Å². The Kier molecular flexibility index (Phi) is 5.36. The Bertz CT molecular complexity index is 906. The Balaban J connectivity index is 1.04. The van der Waals surface area contributed by atoms with E-state index in [1.54, 1.807) is 18.2 Å². The first-order valence-corrected chi connectivity index (χ1v) is 11.1. The van der Waals surface area contributed by atoms with E-state index in [9.17, 15) is 9.59 Å². The fourth-order valence-electron chi connectivity index (χ4n) is 5.15. The molecule has 2 aliphatic heterocycles. The zero-order valence-electron chi connectivity index (χ0n) is 17.1. The van der Waals surface area contributed by atoms with Gasteiger partial charge in [-0.15, -0.1) is 5.73 Å². The van der Waals surface area contributed by atoms with E-state index in [1.807, 2.05) is 12.2 Å². The van der Waals surface area contributed by atoms with Crippen LogP contribution in [0.5, 0.6) is 0 Å². The third-order valence-electron chi connectivity index (χ3n) is 6.99. The third-order valence-corrected chi connectivity index (χ3v) is 6.99. The van der Waals surface area contributed by atoms with Crippen molar-refractivity contribution in [3.05, 3.63) is 41.0 Å². The second-order valence-electron chi connectivity index (χ2n) is 8.86. The number of piperidine rings is 1. The summed E-state index contributed by atoms with van der Waals surface area (Å²) in [5, 5.41) is 2.98. The summed E-state index contributed by atoms with van der Waals surface area (Å²) in [4.78, 5) is 27.0. The number of carbonyl (C=O) groups is 2. The van der Waals surface area contributed by atoms with E-state index < -0.39 is 0 Å². The predicted octanol–water partition coefficient (Wildman–Crippen LogP) is 3.12. The van der Waals surface area contributed by atoms with Gasteiger partial charge in [0.25, 0.3) is 5.91 Å². The number of hydrogen-bond acceptors (Lipinski definition) is 4. The number of hydrogen-bond donors (Lipinski definition) is 1. The van der Waals surface area contributed by atoms with Gasteiger partial charge in [0, 0.05) is 50.9 Å². The normalized spacial score (nSPS) is 26.9. The summed E-state index contributed by atoms with van der Waals surface area (Å²) >= 11 is 0. The standard InChI is InChI=1S/C24H28N2O4/c27-23(12-16-7-10-29-11-8-16)26-14-19-18(20(19)15-26)6-9-25-24(28)22-13-17-4-2-1-3-5-21(17)30-22/h1-2,4-5,13,16,18-20H,6-12,14-15H2,(H,25,28)/t18?,19-,20+. The number of rotatable bonds is 6. The van der Waals surface area contributed by atoms with Crippen LogP contribution in [0.25, 0.3) is 12.2 Å². The molecule has 1 N–H and O–H groups in total. The molecule has 1 unspecified atom stereocenters. The molecule has 5 rings (SSSR count). The van der Waals surface area contributed by atoms with Crippen molar-refractivity contribution in [3.8, 4) is 0 Å². The molecule has 0 spiro atoms. The van der Waals surface area contributed by atoms with Crippen LogP contribution in [0.3, 0.4) is 0 Å². The molecular formula is C24H28N2O4. The van der Waals surface area contributed by atoms with E-state index >= 15 is 0 Å². The van der Waals surface area contributed by atoms with Gasteiger partial charge in [-0.2, -0.15) is 0 Å². The topological polar surface area (TPSA) is 71.8 Å². The average molecular weight is 408 g/mol. The molecule has 0 aromatic carbocycles. The molecule has 1 aromatic rings. The Labute approximate surface area is 176 Å². The maximum atomic E-state index is 12.6. The van der Waals surface area contributed by atoms with Gasteiger partial charge in [-0.3, -0.25) is 9.59 Å². The number of nitrogens with one attached hydrogen (secondary N) is 1. The van der Waals surface area contributed by atoms with Gasteiger partial charge in [0.15, 0.2) is 5.76 Å². The number of amides is 2. The quantitative estimate of drug-likeness (QED) is 0.734. The molecule has 158 valence electrons. The summed E-state index contributed by atoms with van der Waals surface area (Å²) < 4.78 is 11.0. The summed E-state index contributed by atoms with van der Waals surface area (Å²) in [5.41, 5.74) is 3.88. The fourth-order valence-corrected chi connectivity index (χ4v) is 5.15. The van der Waals surface area contributed by atoms with E-state index in [4.69, 9.17) is 9.15 Å². The minimum absolute atomic E-state index is 0.173. The van der Waals surface area contributed by atoms with Crippen LogP contribution in [0.2, 0.25) is 0 Å². The van der Waals surface area contributed by atoms with Gasteiger partial charge in [0.2, 0.25) is 5.91 Å². The van der Waals surface area contributed by atoms with Crippen molar-refractivity contribution in [2.45, 2.75) is 25.7 Å². The Hall–Kier alpha value is -2.56. The van der Waals surface area contributed by atoms with Crippen molar-refractivity contribution in [2.24, 2.45) is 23.7 Å². The number of ether oxygens (including phenoxy) is 1. The molecule has 2 aliphatic carbocycles. The van der Waals surface area contributed by atoms with Crippen LogP contribution in [0, 0.1) is 23.7 Å². The minimum atomic E-state index is -0.173. The fraction of sp³-hybridized carbons (Fsp3) is 0.542. The smallest absolute Gasteiger partial charge is 0.287 e. The van der Waals surface area contributed by atoms with Gasteiger partial charge < -0.3 is 19.4 Å². The van der Waals surface area contributed by atoms with Crippen LogP contribution in [0.4, 0.5) is 0 Å². The zero-order valence-corrected chi connectivity index (χ0v) is 17.1. The summed E-state index contributed by atoms with van der Waals surface area (Å²) in [6.45, 7) is 4.01. The van der Waals surface area contributed by atoms with Gasteiger partial charge in [0.05, 0.1) is 0 Å². The second-order valence-corrected chi connectivity index (χ2v) is 8.86. The molecule has 3 atom stereocenters. The largest absolute Gasteiger partial charge is 0.450 e. The van der Waals surface area contributed by atoms with E-state index in [-0.39, 0.29) is 5.91 Å². The van der Waals surface area contributed by atoms with Gasteiger partial charge in [-0.25, -0.2) is 0 Å². The number of carbonyl (C=O) groups excluding carboxylic acids is 2. The van der Waals surface area contributed by atoms with Crippen LogP contribution in [0.15, 0.2) is 28.4 Å². The Morgan fingerprint density at radius 2 is 2.00 bits per heavy atom. The van der Waals surface area contributed by atoms with Crippen molar-refractivity contribution < 1.29 is 18.7 Å². The van der Waals surface area contributed by atoms with Crippen molar-refractivity contribution in [1.29, 1.82) is 0 Å². The minimum Gasteiger partial charge on any atom is -0.450 e. The van der Waals surface area contributed by atoms with Crippen LogP contribution < -0.4 is 5.32 Å². The summed E-state index contributed by atoms with van der Waals surface area (Å²) in [6.07, 6.45) is 11.0. The molecule has 2 amide bonds. The predicted molar refractivity (Wildman–Crippen MR) is 112 cm³/mol. The highest BCUT2D eigenvalue weighted by molar-refractivity contribution is 5.92. The average Bonchev–Trinajstić information content (AvgIpc) is 3.08. The lowest BCUT2D eigenvalue weighted by Gasteiger charge is -2.25. The molecule has 1 aromatic heterocycles. The zero-order chi connectivity index (χ0) is 20.5. The van der Waals surface area contributed by atoms with Gasteiger partial charge >= 0.3 is 0 Å². The number of furan rings is 1. The molecule has 1 saturated carbocycles. The second kappa shape index (κ2) is 8.29. The first kappa shape index (κ1) is 19.4. The number of likely N-dealkylation sites (tertiary alicyclic amines) is 1. The van der Waals surface area contributed by atoms with Crippen LogP contribution >= 0.6 is 0 Å². The van der Waals surface area contributed by atoms with Gasteiger partial charge in [-0.05, 0) is 55.1 Å². The molecule has 30 heavy (non-hydrogen) atoms. The lowest BCUT2D eigenvalue weighted by atomic mass is 9.96. The van der Waals surface area contributed by atoms with Crippen molar-refractivity contribution >= 4 is 24.0 Å². The molecule has 0 radical (unpaired) electrons. The lowest BCUT2D eigenvalue weighted by Crippen LogP contribution is -2.34. The molecule has 4 aliphatic rings. The van der Waals surface area contributed by atoms with Crippen molar-refractivity contribution in [3.63, 3.8) is 0 Å². The van der Waals surface area contributed by atoms with E-state index in [2.05, 4.69) is 15.9 Å². The maximum Gasteiger partial charge on any atom is 0.287 e. The monoisotopic (exact) mass is 408 g/mol. The lowest BCUT2D eigenvalue weighted by molar-refractivity contribution is -0.132. The molecule has 6 heteroatoms. The summed E-state index contributed by atoms with van der Waals surface area (Å²) in [7, 11) is 0. The van der Waals surface area contributed by atoms with Crippen molar-refractivity contribution in [2.75, 3.05) is 32.8 Å². The Morgan fingerprint density at radius 1 is 1.20 bits per heavy atom. The van der Waals surface area contributed by atoms with Gasteiger partial charge in [-0.1, -0.05) is 12.2 Å². The Morgan fingerprint density at radius 3 is 2.80 bits per heavy atom. The van der Waals surface area contributed by atoms with Crippen LogP contribution in [-0.4, -0.2) is 49.6 Å².